The standard InChI is InChI=1S/C15H24BrN3O/c1-3-4-9-19-15(20)14(16)13(10-17-19)18-12-7-5-11(2)6-8-12/h10-12,18H,3-9H2,1-2H3. The second-order valence-corrected chi connectivity index (χ2v) is 6.65. The molecule has 1 saturated carbocycles. The van der Waals surface area contributed by atoms with Gasteiger partial charge in [0.15, 0.2) is 0 Å². The molecule has 0 amide bonds. The molecule has 20 heavy (non-hydrogen) atoms. The van der Waals surface area contributed by atoms with E-state index in [0.29, 0.717) is 17.1 Å². The van der Waals surface area contributed by atoms with E-state index < -0.39 is 0 Å². The summed E-state index contributed by atoms with van der Waals surface area (Å²) in [4.78, 5) is 12.2. The topological polar surface area (TPSA) is 46.9 Å². The molecule has 112 valence electrons. The molecule has 1 aliphatic carbocycles. The number of hydrogen-bond donors (Lipinski definition) is 1. The van der Waals surface area contributed by atoms with Crippen LogP contribution in [-0.2, 0) is 6.54 Å². The van der Waals surface area contributed by atoms with Crippen LogP contribution in [0.3, 0.4) is 0 Å². The van der Waals surface area contributed by atoms with Crippen molar-refractivity contribution in [2.45, 2.75) is 65.0 Å². The van der Waals surface area contributed by atoms with Gasteiger partial charge in [-0.3, -0.25) is 4.79 Å². The lowest BCUT2D eigenvalue weighted by molar-refractivity contribution is 0.361. The van der Waals surface area contributed by atoms with E-state index in [9.17, 15) is 4.79 Å². The third-order valence-electron chi connectivity index (χ3n) is 4.08. The minimum atomic E-state index is -0.0346. The number of hydrogen-bond acceptors (Lipinski definition) is 3. The molecule has 0 unspecified atom stereocenters. The first-order valence-corrected chi connectivity index (χ1v) is 8.43. The molecule has 0 atom stereocenters. The Balaban J connectivity index is 2.05. The van der Waals surface area contributed by atoms with Gasteiger partial charge in [0.1, 0.15) is 4.47 Å². The van der Waals surface area contributed by atoms with Gasteiger partial charge in [-0.2, -0.15) is 5.10 Å². The largest absolute Gasteiger partial charge is 0.380 e. The highest BCUT2D eigenvalue weighted by Crippen LogP contribution is 2.27. The van der Waals surface area contributed by atoms with E-state index in [2.05, 4.69) is 40.2 Å². The third kappa shape index (κ3) is 3.84. The Morgan fingerprint density at radius 3 is 2.75 bits per heavy atom. The lowest BCUT2D eigenvalue weighted by Crippen LogP contribution is -2.29. The first-order chi connectivity index (χ1) is 9.61. The van der Waals surface area contributed by atoms with Crippen molar-refractivity contribution in [2.75, 3.05) is 5.32 Å². The Hall–Kier alpha value is -0.840. The van der Waals surface area contributed by atoms with Gasteiger partial charge in [0, 0.05) is 12.6 Å². The van der Waals surface area contributed by atoms with E-state index in [0.717, 1.165) is 24.4 Å². The second kappa shape index (κ2) is 7.25. The van der Waals surface area contributed by atoms with Crippen molar-refractivity contribution in [3.05, 3.63) is 21.0 Å². The molecule has 0 radical (unpaired) electrons. The van der Waals surface area contributed by atoms with Gasteiger partial charge >= 0.3 is 0 Å². The van der Waals surface area contributed by atoms with Crippen molar-refractivity contribution < 1.29 is 0 Å². The van der Waals surface area contributed by atoms with Crippen molar-refractivity contribution in [1.82, 2.24) is 9.78 Å². The lowest BCUT2D eigenvalue weighted by Gasteiger charge is -2.27. The molecule has 1 heterocycles. The molecule has 1 fully saturated rings. The van der Waals surface area contributed by atoms with Crippen molar-refractivity contribution in [3.63, 3.8) is 0 Å². The van der Waals surface area contributed by atoms with Gasteiger partial charge in [-0.1, -0.05) is 20.3 Å². The molecule has 2 rings (SSSR count). The summed E-state index contributed by atoms with van der Waals surface area (Å²) in [6.45, 7) is 5.11. The zero-order valence-corrected chi connectivity index (χ0v) is 13.9. The minimum absolute atomic E-state index is 0.0346. The molecular weight excluding hydrogens is 318 g/mol. The normalized spacial score (nSPS) is 22.8. The van der Waals surface area contributed by atoms with Crippen LogP contribution in [0, 0.1) is 5.92 Å². The van der Waals surface area contributed by atoms with Gasteiger partial charge < -0.3 is 5.32 Å². The summed E-state index contributed by atoms with van der Waals surface area (Å²) in [5, 5.41) is 7.74. The van der Waals surface area contributed by atoms with E-state index in [1.807, 2.05) is 0 Å². The zero-order valence-electron chi connectivity index (χ0n) is 12.4. The summed E-state index contributed by atoms with van der Waals surface area (Å²) in [7, 11) is 0. The molecule has 1 aliphatic rings. The second-order valence-electron chi connectivity index (χ2n) is 5.86. The quantitative estimate of drug-likeness (QED) is 0.885. The van der Waals surface area contributed by atoms with Gasteiger partial charge in [-0.15, -0.1) is 0 Å². The number of nitrogens with one attached hydrogen (secondary N) is 1. The summed E-state index contributed by atoms with van der Waals surface area (Å²) < 4.78 is 2.16. The van der Waals surface area contributed by atoms with E-state index in [1.54, 1.807) is 10.9 Å². The smallest absolute Gasteiger partial charge is 0.283 e. The summed E-state index contributed by atoms with van der Waals surface area (Å²) in [6, 6.07) is 0.468. The molecular formula is C15H24BrN3O. The summed E-state index contributed by atoms with van der Waals surface area (Å²) in [5.74, 6) is 0.830. The van der Waals surface area contributed by atoms with Gasteiger partial charge in [-0.05, 0) is 54.0 Å². The molecule has 4 nitrogen and oxygen atoms in total. The molecule has 1 aromatic heterocycles. The van der Waals surface area contributed by atoms with E-state index in [-0.39, 0.29) is 5.56 Å². The van der Waals surface area contributed by atoms with Crippen LogP contribution < -0.4 is 10.9 Å². The Morgan fingerprint density at radius 2 is 2.10 bits per heavy atom. The Morgan fingerprint density at radius 1 is 1.40 bits per heavy atom. The predicted molar refractivity (Wildman–Crippen MR) is 86.1 cm³/mol. The number of rotatable bonds is 5. The maximum atomic E-state index is 12.2. The van der Waals surface area contributed by atoms with Crippen molar-refractivity contribution in [1.29, 1.82) is 0 Å². The predicted octanol–water partition coefficient (Wildman–Crippen LogP) is 3.80. The van der Waals surface area contributed by atoms with Crippen LogP contribution in [0.25, 0.3) is 0 Å². The fourth-order valence-electron chi connectivity index (χ4n) is 2.66. The molecule has 5 heteroatoms. The van der Waals surface area contributed by atoms with Gasteiger partial charge in [-0.25, -0.2) is 4.68 Å². The van der Waals surface area contributed by atoms with Gasteiger partial charge in [0.05, 0.1) is 11.9 Å². The highest BCUT2D eigenvalue weighted by molar-refractivity contribution is 9.10. The maximum Gasteiger partial charge on any atom is 0.283 e. The molecule has 0 saturated heterocycles. The number of halogens is 1. The number of unbranched alkanes of at least 4 members (excludes halogenated alkanes) is 1. The zero-order chi connectivity index (χ0) is 14.5. The Bertz CT molecular complexity index is 492. The minimum Gasteiger partial charge on any atom is -0.380 e. The number of aromatic nitrogens is 2. The molecule has 0 bridgehead atoms. The van der Waals surface area contributed by atoms with Crippen LogP contribution in [0.4, 0.5) is 5.69 Å². The summed E-state index contributed by atoms with van der Waals surface area (Å²) in [6.07, 6.45) is 8.68. The van der Waals surface area contributed by atoms with Crippen LogP contribution in [0.5, 0.6) is 0 Å². The van der Waals surface area contributed by atoms with Crippen molar-refractivity contribution in [3.8, 4) is 0 Å². The fraction of sp³-hybridized carbons (Fsp3) is 0.733. The maximum absolute atomic E-state index is 12.2. The van der Waals surface area contributed by atoms with Gasteiger partial charge in [0.2, 0.25) is 0 Å². The van der Waals surface area contributed by atoms with E-state index in [4.69, 9.17) is 0 Å². The molecule has 1 aromatic rings. The summed E-state index contributed by atoms with van der Waals surface area (Å²) in [5.41, 5.74) is 0.801. The van der Waals surface area contributed by atoms with Crippen LogP contribution in [0.15, 0.2) is 15.5 Å². The highest BCUT2D eigenvalue weighted by Gasteiger charge is 2.19. The Kier molecular flexibility index (Phi) is 5.64. The number of anilines is 1. The summed E-state index contributed by atoms with van der Waals surface area (Å²) >= 11 is 3.43. The monoisotopic (exact) mass is 341 g/mol. The van der Waals surface area contributed by atoms with Crippen LogP contribution in [0.2, 0.25) is 0 Å². The first-order valence-electron chi connectivity index (χ1n) is 7.64. The molecule has 0 aliphatic heterocycles. The highest BCUT2D eigenvalue weighted by atomic mass is 79.9. The fourth-order valence-corrected chi connectivity index (χ4v) is 3.08. The average molecular weight is 342 g/mol. The Labute approximate surface area is 129 Å². The van der Waals surface area contributed by atoms with Crippen molar-refractivity contribution in [2.24, 2.45) is 5.92 Å². The van der Waals surface area contributed by atoms with E-state index >= 15 is 0 Å². The van der Waals surface area contributed by atoms with E-state index in [1.165, 1.54) is 25.7 Å². The lowest BCUT2D eigenvalue weighted by atomic mass is 9.87. The average Bonchev–Trinajstić information content (AvgIpc) is 2.45. The number of nitrogens with zero attached hydrogens (tertiary/aromatic N) is 2. The number of aryl methyl sites for hydroxylation is 1. The molecule has 1 N–H and O–H groups in total. The SMILES string of the molecule is CCCCn1ncc(NC2CCC(C)CC2)c(Br)c1=O. The van der Waals surface area contributed by atoms with Gasteiger partial charge in [0.25, 0.3) is 5.56 Å². The van der Waals surface area contributed by atoms with Crippen molar-refractivity contribution >= 4 is 21.6 Å². The van der Waals surface area contributed by atoms with Crippen LogP contribution in [0.1, 0.15) is 52.4 Å². The first kappa shape index (κ1) is 15.5. The molecule has 0 spiro atoms. The van der Waals surface area contributed by atoms with Crippen LogP contribution >= 0.6 is 15.9 Å². The molecule has 0 aromatic carbocycles. The van der Waals surface area contributed by atoms with Crippen LogP contribution in [-0.4, -0.2) is 15.8 Å². The third-order valence-corrected chi connectivity index (χ3v) is 4.85.